The Kier molecular flexibility index (Phi) is 3.31. The largest absolute Gasteiger partial charge is 0.309 e. The molecule has 0 amide bonds. The summed E-state index contributed by atoms with van der Waals surface area (Å²) in [6, 6.07) is 9.67. The Hall–Kier alpha value is -2.12. The molecule has 0 aliphatic heterocycles. The van der Waals surface area contributed by atoms with Crippen LogP contribution in [0.15, 0.2) is 36.7 Å². The molecule has 1 aromatic carbocycles. The average molecular weight is 212 g/mol. The Morgan fingerprint density at radius 3 is 2.56 bits per heavy atom. The van der Waals surface area contributed by atoms with Gasteiger partial charge in [-0.3, -0.25) is 5.10 Å². The zero-order valence-electron chi connectivity index (χ0n) is 8.77. The van der Waals surface area contributed by atoms with Crippen molar-refractivity contribution in [3.8, 4) is 6.07 Å². The number of rotatable bonds is 4. The highest BCUT2D eigenvalue weighted by molar-refractivity contribution is 5.31. The van der Waals surface area contributed by atoms with Crippen LogP contribution >= 0.6 is 0 Å². The molecule has 2 aromatic rings. The molecule has 4 heteroatoms. The summed E-state index contributed by atoms with van der Waals surface area (Å²) in [6.07, 6.45) is 3.66. The molecular weight excluding hydrogens is 200 g/mol. The minimum atomic E-state index is 0.693. The standard InChI is InChI=1S/C12H12N4/c13-5-10-1-3-11(4-2-10)6-14-7-12-8-15-16-9-12/h1-4,8-9,14H,6-7H2,(H,15,16). The monoisotopic (exact) mass is 212 g/mol. The van der Waals surface area contributed by atoms with Crippen molar-refractivity contribution in [1.82, 2.24) is 15.5 Å². The molecule has 4 nitrogen and oxygen atoms in total. The van der Waals surface area contributed by atoms with Gasteiger partial charge < -0.3 is 5.32 Å². The Bertz CT molecular complexity index is 465. The fourth-order valence-corrected chi connectivity index (χ4v) is 1.42. The van der Waals surface area contributed by atoms with Crippen LogP contribution in [0.5, 0.6) is 0 Å². The van der Waals surface area contributed by atoms with Gasteiger partial charge in [-0.05, 0) is 17.7 Å². The van der Waals surface area contributed by atoms with Gasteiger partial charge in [-0.15, -0.1) is 0 Å². The third-order valence-electron chi connectivity index (χ3n) is 2.30. The molecule has 1 heterocycles. The summed E-state index contributed by atoms with van der Waals surface area (Å²) < 4.78 is 0. The van der Waals surface area contributed by atoms with Crippen molar-refractivity contribution in [2.24, 2.45) is 0 Å². The van der Waals surface area contributed by atoms with Gasteiger partial charge in [0.05, 0.1) is 17.8 Å². The molecular formula is C12H12N4. The number of nitrogens with zero attached hydrogens (tertiary/aromatic N) is 2. The van der Waals surface area contributed by atoms with Gasteiger partial charge in [-0.2, -0.15) is 10.4 Å². The van der Waals surface area contributed by atoms with Crippen molar-refractivity contribution in [2.45, 2.75) is 13.1 Å². The topological polar surface area (TPSA) is 64.5 Å². The molecule has 0 fully saturated rings. The third-order valence-corrected chi connectivity index (χ3v) is 2.30. The fourth-order valence-electron chi connectivity index (χ4n) is 1.42. The van der Waals surface area contributed by atoms with E-state index in [9.17, 15) is 0 Å². The molecule has 0 bridgehead atoms. The highest BCUT2D eigenvalue weighted by atomic mass is 15.1. The van der Waals surface area contributed by atoms with E-state index in [1.807, 2.05) is 30.5 Å². The van der Waals surface area contributed by atoms with Crippen molar-refractivity contribution in [3.63, 3.8) is 0 Å². The van der Waals surface area contributed by atoms with E-state index >= 15 is 0 Å². The van der Waals surface area contributed by atoms with E-state index in [2.05, 4.69) is 21.6 Å². The van der Waals surface area contributed by atoms with Crippen LogP contribution in [0.4, 0.5) is 0 Å². The van der Waals surface area contributed by atoms with E-state index in [4.69, 9.17) is 5.26 Å². The van der Waals surface area contributed by atoms with Crippen LogP contribution < -0.4 is 5.32 Å². The van der Waals surface area contributed by atoms with Gasteiger partial charge in [0.1, 0.15) is 0 Å². The molecule has 0 aliphatic rings. The van der Waals surface area contributed by atoms with Crippen molar-refractivity contribution in [3.05, 3.63) is 53.3 Å². The third kappa shape index (κ3) is 2.69. The average Bonchev–Trinajstić information content (AvgIpc) is 2.83. The predicted octanol–water partition coefficient (Wildman–Crippen LogP) is 1.57. The van der Waals surface area contributed by atoms with Crippen LogP contribution in [0.1, 0.15) is 16.7 Å². The van der Waals surface area contributed by atoms with E-state index in [-0.39, 0.29) is 0 Å². The first kappa shape index (κ1) is 10.4. The van der Waals surface area contributed by atoms with Crippen molar-refractivity contribution < 1.29 is 0 Å². The van der Waals surface area contributed by atoms with E-state index < -0.39 is 0 Å². The molecule has 80 valence electrons. The lowest BCUT2D eigenvalue weighted by Crippen LogP contribution is -2.12. The SMILES string of the molecule is N#Cc1ccc(CNCc2cn[nH]c2)cc1. The summed E-state index contributed by atoms with van der Waals surface area (Å²) in [5, 5.41) is 18.6. The molecule has 0 aliphatic carbocycles. The van der Waals surface area contributed by atoms with Crippen LogP contribution in [-0.4, -0.2) is 10.2 Å². The smallest absolute Gasteiger partial charge is 0.0991 e. The zero-order valence-corrected chi connectivity index (χ0v) is 8.77. The van der Waals surface area contributed by atoms with Gasteiger partial charge in [0.15, 0.2) is 0 Å². The number of aromatic amines is 1. The van der Waals surface area contributed by atoms with Gasteiger partial charge >= 0.3 is 0 Å². The van der Waals surface area contributed by atoms with Crippen molar-refractivity contribution >= 4 is 0 Å². The minimum Gasteiger partial charge on any atom is -0.309 e. The molecule has 2 rings (SSSR count). The van der Waals surface area contributed by atoms with Gasteiger partial charge in [-0.1, -0.05) is 12.1 Å². The quantitative estimate of drug-likeness (QED) is 0.808. The number of H-pyrrole nitrogens is 1. The van der Waals surface area contributed by atoms with Crippen LogP contribution in [-0.2, 0) is 13.1 Å². The van der Waals surface area contributed by atoms with Crippen LogP contribution in [0.2, 0.25) is 0 Å². The van der Waals surface area contributed by atoms with Gasteiger partial charge in [0.25, 0.3) is 0 Å². The number of hydrogen-bond acceptors (Lipinski definition) is 3. The Balaban J connectivity index is 1.83. The first-order valence-corrected chi connectivity index (χ1v) is 5.06. The summed E-state index contributed by atoms with van der Waals surface area (Å²) in [4.78, 5) is 0. The molecule has 0 saturated carbocycles. The first-order valence-electron chi connectivity index (χ1n) is 5.06. The lowest BCUT2D eigenvalue weighted by Gasteiger charge is -2.02. The number of hydrogen-bond donors (Lipinski definition) is 2. The number of nitrogens with one attached hydrogen (secondary N) is 2. The van der Waals surface area contributed by atoms with Crippen LogP contribution in [0, 0.1) is 11.3 Å². The maximum Gasteiger partial charge on any atom is 0.0991 e. The Morgan fingerprint density at radius 2 is 1.94 bits per heavy atom. The second-order valence-corrected chi connectivity index (χ2v) is 3.52. The molecule has 0 saturated heterocycles. The summed E-state index contributed by atoms with van der Waals surface area (Å²) in [5.74, 6) is 0. The summed E-state index contributed by atoms with van der Waals surface area (Å²) >= 11 is 0. The summed E-state index contributed by atoms with van der Waals surface area (Å²) in [7, 11) is 0. The maximum atomic E-state index is 8.65. The van der Waals surface area contributed by atoms with Gasteiger partial charge in [0, 0.05) is 24.8 Å². The zero-order chi connectivity index (χ0) is 11.2. The highest BCUT2D eigenvalue weighted by Crippen LogP contribution is 2.03. The molecule has 1 aromatic heterocycles. The lowest BCUT2D eigenvalue weighted by molar-refractivity contribution is 0.693. The molecule has 0 unspecified atom stereocenters. The molecule has 2 N–H and O–H groups in total. The number of nitriles is 1. The molecule has 0 spiro atoms. The normalized spacial score (nSPS) is 9.94. The predicted molar refractivity (Wildman–Crippen MR) is 60.3 cm³/mol. The van der Waals surface area contributed by atoms with E-state index in [0.717, 1.165) is 18.7 Å². The molecule has 16 heavy (non-hydrogen) atoms. The second-order valence-electron chi connectivity index (χ2n) is 3.52. The van der Waals surface area contributed by atoms with E-state index in [0.29, 0.717) is 5.56 Å². The summed E-state index contributed by atoms with van der Waals surface area (Å²) in [6.45, 7) is 1.58. The maximum absolute atomic E-state index is 8.65. The van der Waals surface area contributed by atoms with Crippen molar-refractivity contribution in [1.29, 1.82) is 5.26 Å². The fraction of sp³-hybridized carbons (Fsp3) is 0.167. The van der Waals surface area contributed by atoms with E-state index in [1.54, 1.807) is 6.20 Å². The van der Waals surface area contributed by atoms with Gasteiger partial charge in [0.2, 0.25) is 0 Å². The molecule has 0 radical (unpaired) electrons. The highest BCUT2D eigenvalue weighted by Gasteiger charge is 1.95. The minimum absolute atomic E-state index is 0.693. The van der Waals surface area contributed by atoms with Crippen LogP contribution in [0.25, 0.3) is 0 Å². The molecule has 0 atom stereocenters. The van der Waals surface area contributed by atoms with E-state index in [1.165, 1.54) is 5.56 Å². The Labute approximate surface area is 93.9 Å². The van der Waals surface area contributed by atoms with Crippen LogP contribution in [0.3, 0.4) is 0 Å². The lowest BCUT2D eigenvalue weighted by atomic mass is 10.1. The number of benzene rings is 1. The summed E-state index contributed by atoms with van der Waals surface area (Å²) in [5.41, 5.74) is 3.00. The van der Waals surface area contributed by atoms with Crippen molar-refractivity contribution in [2.75, 3.05) is 0 Å². The number of aromatic nitrogens is 2. The Morgan fingerprint density at radius 1 is 1.19 bits per heavy atom. The van der Waals surface area contributed by atoms with Gasteiger partial charge in [-0.25, -0.2) is 0 Å². The second kappa shape index (κ2) is 5.10. The first-order chi connectivity index (χ1) is 7.88.